The van der Waals surface area contributed by atoms with Gasteiger partial charge in [-0.15, -0.1) is 22.7 Å². The first-order valence-electron chi connectivity index (χ1n) is 7.26. The van der Waals surface area contributed by atoms with Crippen LogP contribution >= 0.6 is 22.7 Å². The smallest absolute Gasteiger partial charge is 0.262 e. The van der Waals surface area contributed by atoms with Gasteiger partial charge < -0.3 is 4.74 Å². The minimum Gasteiger partial charge on any atom is -0.497 e. The molecule has 0 aliphatic heterocycles. The van der Waals surface area contributed by atoms with Gasteiger partial charge in [0.05, 0.1) is 31.1 Å². The van der Waals surface area contributed by atoms with Crippen molar-refractivity contribution < 1.29 is 4.74 Å². The van der Waals surface area contributed by atoms with Crippen LogP contribution in [-0.4, -0.2) is 21.6 Å². The first-order chi connectivity index (χ1) is 11.7. The van der Waals surface area contributed by atoms with E-state index in [1.807, 2.05) is 41.1 Å². The molecule has 3 heterocycles. The molecule has 4 rings (SSSR count). The molecule has 120 valence electrons. The maximum Gasteiger partial charge on any atom is 0.262 e. The van der Waals surface area contributed by atoms with Crippen LogP contribution in [0.3, 0.4) is 0 Å². The van der Waals surface area contributed by atoms with Crippen LogP contribution in [0.5, 0.6) is 5.75 Å². The molecule has 4 aromatic rings. The van der Waals surface area contributed by atoms with Crippen LogP contribution in [0.2, 0.25) is 0 Å². The van der Waals surface area contributed by atoms with Gasteiger partial charge in [-0.05, 0) is 23.6 Å². The summed E-state index contributed by atoms with van der Waals surface area (Å²) >= 11 is 3.02. The number of thiophene rings is 1. The molecule has 0 atom stereocenters. The second-order valence-electron chi connectivity index (χ2n) is 5.19. The van der Waals surface area contributed by atoms with Crippen LogP contribution in [0.1, 0.15) is 5.69 Å². The van der Waals surface area contributed by atoms with E-state index in [0.29, 0.717) is 11.9 Å². The predicted molar refractivity (Wildman–Crippen MR) is 97.1 cm³/mol. The van der Waals surface area contributed by atoms with E-state index >= 15 is 0 Å². The van der Waals surface area contributed by atoms with E-state index in [-0.39, 0.29) is 5.56 Å². The highest BCUT2D eigenvalue weighted by atomic mass is 32.1. The Morgan fingerprint density at radius 2 is 2.17 bits per heavy atom. The standard InChI is InChI=1S/C17H13N3O2S2/c1-22-13-4-2-3-11(7-13)15-19-12(9-24-15)8-20-10-18-16-14(17(20)21)5-6-23-16/h2-7,9-10H,8H2,1H3. The maximum absolute atomic E-state index is 12.4. The number of nitrogens with zero attached hydrogens (tertiary/aromatic N) is 3. The van der Waals surface area contributed by atoms with Crippen LogP contribution in [-0.2, 0) is 6.54 Å². The summed E-state index contributed by atoms with van der Waals surface area (Å²) in [5.74, 6) is 0.799. The van der Waals surface area contributed by atoms with Gasteiger partial charge in [-0.2, -0.15) is 0 Å². The fourth-order valence-electron chi connectivity index (χ4n) is 2.45. The molecule has 0 aliphatic rings. The normalized spacial score (nSPS) is 11.0. The third-order valence-corrected chi connectivity index (χ3v) is 5.41. The van der Waals surface area contributed by atoms with Gasteiger partial charge in [0.25, 0.3) is 5.56 Å². The number of hydrogen-bond acceptors (Lipinski definition) is 6. The summed E-state index contributed by atoms with van der Waals surface area (Å²) in [6.45, 7) is 0.415. The number of methoxy groups -OCH3 is 1. The van der Waals surface area contributed by atoms with Crippen molar-refractivity contribution in [2.75, 3.05) is 7.11 Å². The molecule has 0 bridgehead atoms. The molecule has 0 aliphatic carbocycles. The molecule has 0 N–H and O–H groups in total. The zero-order valence-corrected chi connectivity index (χ0v) is 14.4. The molecular formula is C17H13N3O2S2. The molecule has 0 unspecified atom stereocenters. The molecule has 24 heavy (non-hydrogen) atoms. The maximum atomic E-state index is 12.4. The minimum absolute atomic E-state index is 0.0304. The van der Waals surface area contributed by atoms with Gasteiger partial charge in [0, 0.05) is 10.9 Å². The summed E-state index contributed by atoms with van der Waals surface area (Å²) in [5, 5.41) is 5.42. The molecule has 5 nitrogen and oxygen atoms in total. The number of benzene rings is 1. The van der Waals surface area contributed by atoms with Crippen molar-refractivity contribution in [1.29, 1.82) is 0 Å². The highest BCUT2D eigenvalue weighted by Gasteiger charge is 2.09. The molecular weight excluding hydrogens is 342 g/mol. The van der Waals surface area contributed by atoms with Crippen LogP contribution < -0.4 is 10.3 Å². The molecule has 0 saturated heterocycles. The summed E-state index contributed by atoms with van der Waals surface area (Å²) in [6.07, 6.45) is 1.59. The molecule has 3 aromatic heterocycles. The van der Waals surface area contributed by atoms with Crippen LogP contribution in [0.4, 0.5) is 0 Å². The Labute approximate surface area is 145 Å². The van der Waals surface area contributed by atoms with Crippen LogP contribution in [0.15, 0.2) is 52.2 Å². The lowest BCUT2D eigenvalue weighted by Crippen LogP contribution is -2.20. The van der Waals surface area contributed by atoms with E-state index in [2.05, 4.69) is 9.97 Å². The molecule has 0 saturated carbocycles. The summed E-state index contributed by atoms with van der Waals surface area (Å²) in [5.41, 5.74) is 1.82. The van der Waals surface area contributed by atoms with E-state index in [1.165, 1.54) is 11.3 Å². The lowest BCUT2D eigenvalue weighted by Gasteiger charge is -2.03. The number of ether oxygens (including phenoxy) is 1. The molecule has 7 heteroatoms. The molecule has 0 radical (unpaired) electrons. The Balaban J connectivity index is 1.64. The minimum atomic E-state index is -0.0304. The summed E-state index contributed by atoms with van der Waals surface area (Å²) in [7, 11) is 1.65. The van der Waals surface area contributed by atoms with Gasteiger partial charge in [0.2, 0.25) is 0 Å². The Morgan fingerprint density at radius 3 is 3.04 bits per heavy atom. The Morgan fingerprint density at radius 1 is 1.25 bits per heavy atom. The largest absolute Gasteiger partial charge is 0.497 e. The van der Waals surface area contributed by atoms with E-state index in [4.69, 9.17) is 4.74 Å². The number of hydrogen-bond donors (Lipinski definition) is 0. The van der Waals surface area contributed by atoms with Crippen molar-refractivity contribution in [2.45, 2.75) is 6.54 Å². The van der Waals surface area contributed by atoms with Crippen LogP contribution in [0, 0.1) is 0 Å². The van der Waals surface area contributed by atoms with Crippen LogP contribution in [0.25, 0.3) is 20.8 Å². The second kappa shape index (κ2) is 6.18. The van der Waals surface area contributed by atoms with Crippen molar-refractivity contribution >= 4 is 32.9 Å². The fraction of sp³-hybridized carbons (Fsp3) is 0.118. The van der Waals surface area contributed by atoms with Gasteiger partial charge >= 0.3 is 0 Å². The summed E-state index contributed by atoms with van der Waals surface area (Å²) in [6, 6.07) is 9.60. The number of aromatic nitrogens is 3. The van der Waals surface area contributed by atoms with Gasteiger partial charge in [-0.3, -0.25) is 9.36 Å². The van der Waals surface area contributed by atoms with Crippen molar-refractivity contribution in [1.82, 2.24) is 14.5 Å². The van der Waals surface area contributed by atoms with Gasteiger partial charge in [0.15, 0.2) is 0 Å². The quantitative estimate of drug-likeness (QED) is 0.561. The topological polar surface area (TPSA) is 57.0 Å². The van der Waals surface area contributed by atoms with Crippen molar-refractivity contribution in [3.63, 3.8) is 0 Å². The van der Waals surface area contributed by atoms with E-state index in [1.54, 1.807) is 29.3 Å². The van der Waals surface area contributed by atoms with Gasteiger partial charge in [-0.25, -0.2) is 9.97 Å². The lowest BCUT2D eigenvalue weighted by atomic mass is 10.2. The number of thiazole rings is 1. The molecule has 0 spiro atoms. The summed E-state index contributed by atoms with van der Waals surface area (Å²) in [4.78, 5) is 22.2. The predicted octanol–water partition coefficient (Wildman–Crippen LogP) is 3.64. The Bertz CT molecular complexity index is 1060. The average molecular weight is 355 g/mol. The fourth-order valence-corrected chi connectivity index (χ4v) is 3.98. The molecule has 1 aromatic carbocycles. The van der Waals surface area contributed by atoms with E-state index < -0.39 is 0 Å². The third-order valence-electron chi connectivity index (χ3n) is 3.65. The van der Waals surface area contributed by atoms with Crippen molar-refractivity contribution in [3.05, 3.63) is 63.5 Å². The van der Waals surface area contributed by atoms with Crippen molar-refractivity contribution in [3.8, 4) is 16.3 Å². The third kappa shape index (κ3) is 2.72. The van der Waals surface area contributed by atoms with E-state index in [0.717, 1.165) is 26.8 Å². The van der Waals surface area contributed by atoms with E-state index in [9.17, 15) is 4.79 Å². The van der Waals surface area contributed by atoms with Gasteiger partial charge in [-0.1, -0.05) is 12.1 Å². The second-order valence-corrected chi connectivity index (χ2v) is 6.95. The zero-order valence-electron chi connectivity index (χ0n) is 12.8. The molecule has 0 fully saturated rings. The number of rotatable bonds is 4. The highest BCUT2D eigenvalue weighted by Crippen LogP contribution is 2.27. The SMILES string of the molecule is COc1cccc(-c2nc(Cn3cnc4sccc4c3=O)cs2)c1. The Hall–Kier alpha value is -2.51. The Kier molecular flexibility index (Phi) is 3.87. The number of fused-ring (bicyclic) bond motifs is 1. The highest BCUT2D eigenvalue weighted by molar-refractivity contribution is 7.16. The monoisotopic (exact) mass is 355 g/mol. The molecule has 0 amide bonds. The summed E-state index contributed by atoms with van der Waals surface area (Å²) < 4.78 is 6.85. The first-order valence-corrected chi connectivity index (χ1v) is 9.02. The van der Waals surface area contributed by atoms with Gasteiger partial charge in [0.1, 0.15) is 15.6 Å². The first kappa shape index (κ1) is 15.0. The lowest BCUT2D eigenvalue weighted by molar-refractivity contribution is 0.415. The average Bonchev–Trinajstić information content (AvgIpc) is 3.27. The zero-order chi connectivity index (χ0) is 16.5. The van der Waals surface area contributed by atoms with Crippen molar-refractivity contribution in [2.24, 2.45) is 0 Å².